The minimum absolute atomic E-state index is 0.298. The zero-order valence-electron chi connectivity index (χ0n) is 10.4. The monoisotopic (exact) mass is 246 g/mol. The number of fused-ring (bicyclic) bond motifs is 1. The van der Waals surface area contributed by atoms with Crippen LogP contribution in [0.5, 0.6) is 0 Å². The Morgan fingerprint density at radius 3 is 2.56 bits per heavy atom. The lowest BCUT2D eigenvalue weighted by Crippen LogP contribution is -2.28. The molecule has 6 heteroatoms. The molecule has 6 nitrogen and oxygen atoms in total. The average Bonchev–Trinajstić information content (AvgIpc) is 2.75. The number of hydrogen-bond donors (Lipinski definition) is 2. The molecule has 0 bridgehead atoms. The molecule has 0 atom stereocenters. The zero-order valence-corrected chi connectivity index (χ0v) is 10.4. The van der Waals surface area contributed by atoms with Crippen molar-refractivity contribution >= 4 is 22.9 Å². The average molecular weight is 246 g/mol. The molecule has 3 N–H and O–H groups in total. The van der Waals surface area contributed by atoms with Gasteiger partial charge in [-0.2, -0.15) is 9.97 Å². The molecule has 0 aliphatic carbocycles. The van der Waals surface area contributed by atoms with Gasteiger partial charge in [-0.3, -0.25) is 0 Å². The molecule has 96 valence electrons. The topological polar surface area (TPSA) is 83.7 Å². The molecule has 3 heterocycles. The van der Waals surface area contributed by atoms with Gasteiger partial charge in [0.05, 0.1) is 6.33 Å². The van der Waals surface area contributed by atoms with E-state index in [0.717, 1.165) is 24.4 Å². The normalized spacial score (nSPS) is 17.7. The highest BCUT2D eigenvalue weighted by molar-refractivity contribution is 5.84. The van der Waals surface area contributed by atoms with Crippen molar-refractivity contribution in [3.8, 4) is 0 Å². The Kier molecular flexibility index (Phi) is 3.00. The largest absolute Gasteiger partial charge is 0.368 e. The molecule has 1 aliphatic heterocycles. The maximum Gasteiger partial charge on any atom is 0.224 e. The van der Waals surface area contributed by atoms with Gasteiger partial charge in [0.1, 0.15) is 5.52 Å². The Morgan fingerprint density at radius 1 is 1.06 bits per heavy atom. The van der Waals surface area contributed by atoms with E-state index < -0.39 is 0 Å². The molecule has 0 amide bonds. The van der Waals surface area contributed by atoms with Crippen LogP contribution in [0.3, 0.4) is 0 Å². The SMILES string of the molecule is Nc1nc(N2CCCCCCC2)c2[nH]cnc2n1. The minimum atomic E-state index is 0.298. The lowest BCUT2D eigenvalue weighted by Gasteiger charge is -2.26. The fraction of sp³-hybridized carbons (Fsp3) is 0.583. The first-order valence-electron chi connectivity index (χ1n) is 6.56. The highest BCUT2D eigenvalue weighted by atomic mass is 15.2. The summed E-state index contributed by atoms with van der Waals surface area (Å²) in [6, 6.07) is 0. The summed E-state index contributed by atoms with van der Waals surface area (Å²) in [6.07, 6.45) is 8.00. The number of aromatic amines is 1. The van der Waals surface area contributed by atoms with E-state index in [9.17, 15) is 0 Å². The van der Waals surface area contributed by atoms with Crippen molar-refractivity contribution in [3.05, 3.63) is 6.33 Å². The second-order valence-corrected chi connectivity index (χ2v) is 4.76. The number of nitrogens with one attached hydrogen (secondary N) is 1. The van der Waals surface area contributed by atoms with Crippen LogP contribution in [-0.4, -0.2) is 33.0 Å². The fourth-order valence-corrected chi connectivity index (χ4v) is 2.52. The van der Waals surface area contributed by atoms with Gasteiger partial charge in [0.15, 0.2) is 11.5 Å². The van der Waals surface area contributed by atoms with E-state index in [-0.39, 0.29) is 0 Å². The van der Waals surface area contributed by atoms with Crippen LogP contribution in [-0.2, 0) is 0 Å². The smallest absolute Gasteiger partial charge is 0.224 e. The van der Waals surface area contributed by atoms with Crippen LogP contribution in [0.4, 0.5) is 11.8 Å². The fourth-order valence-electron chi connectivity index (χ4n) is 2.52. The first-order valence-corrected chi connectivity index (χ1v) is 6.56. The van der Waals surface area contributed by atoms with E-state index in [1.54, 1.807) is 6.33 Å². The highest BCUT2D eigenvalue weighted by Gasteiger charge is 2.16. The molecule has 18 heavy (non-hydrogen) atoms. The summed E-state index contributed by atoms with van der Waals surface area (Å²) >= 11 is 0. The summed E-state index contributed by atoms with van der Waals surface area (Å²) in [6.45, 7) is 2.06. The number of nitrogens with two attached hydrogens (primary N) is 1. The third kappa shape index (κ3) is 2.10. The molecule has 1 saturated heterocycles. The quantitative estimate of drug-likeness (QED) is 0.800. The first-order chi connectivity index (χ1) is 8.84. The van der Waals surface area contributed by atoms with Crippen molar-refractivity contribution in [2.45, 2.75) is 32.1 Å². The Bertz CT molecular complexity index is 526. The molecule has 0 radical (unpaired) electrons. The van der Waals surface area contributed by atoms with E-state index in [1.165, 1.54) is 32.1 Å². The predicted octanol–water partition coefficient (Wildman–Crippen LogP) is 1.71. The molecule has 1 aliphatic rings. The summed E-state index contributed by atoms with van der Waals surface area (Å²) in [5, 5.41) is 0. The van der Waals surface area contributed by atoms with Gasteiger partial charge >= 0.3 is 0 Å². The van der Waals surface area contributed by atoms with Crippen molar-refractivity contribution in [2.75, 3.05) is 23.7 Å². The number of hydrogen-bond acceptors (Lipinski definition) is 5. The number of nitrogen functional groups attached to an aromatic ring is 1. The predicted molar refractivity (Wildman–Crippen MR) is 71.4 cm³/mol. The Morgan fingerprint density at radius 2 is 1.78 bits per heavy atom. The Balaban J connectivity index is 1.98. The van der Waals surface area contributed by atoms with E-state index in [0.29, 0.717) is 11.6 Å². The van der Waals surface area contributed by atoms with Crippen LogP contribution in [0.25, 0.3) is 11.2 Å². The molecule has 0 saturated carbocycles. The standard InChI is InChI=1S/C12H18N6/c13-12-16-10-9(14-8-15-10)11(17-12)18-6-4-2-1-3-5-7-18/h8H,1-7H2,(H3,13,14,15,16,17). The van der Waals surface area contributed by atoms with Crippen LogP contribution in [0.15, 0.2) is 6.33 Å². The maximum atomic E-state index is 5.76. The van der Waals surface area contributed by atoms with Gasteiger partial charge < -0.3 is 15.6 Å². The van der Waals surface area contributed by atoms with Gasteiger partial charge in [0.2, 0.25) is 5.95 Å². The molecule has 2 aromatic heterocycles. The van der Waals surface area contributed by atoms with Crippen LogP contribution >= 0.6 is 0 Å². The molecular formula is C12H18N6. The van der Waals surface area contributed by atoms with Gasteiger partial charge in [-0.05, 0) is 12.8 Å². The molecule has 0 unspecified atom stereocenters. The van der Waals surface area contributed by atoms with Crippen molar-refractivity contribution in [1.82, 2.24) is 19.9 Å². The van der Waals surface area contributed by atoms with Crippen LogP contribution < -0.4 is 10.6 Å². The van der Waals surface area contributed by atoms with E-state index in [4.69, 9.17) is 5.73 Å². The van der Waals surface area contributed by atoms with Gasteiger partial charge in [-0.1, -0.05) is 19.3 Å². The third-order valence-electron chi connectivity index (χ3n) is 3.44. The van der Waals surface area contributed by atoms with Crippen molar-refractivity contribution < 1.29 is 0 Å². The second-order valence-electron chi connectivity index (χ2n) is 4.76. The number of imidazole rings is 1. The number of anilines is 2. The van der Waals surface area contributed by atoms with Gasteiger partial charge in [-0.25, -0.2) is 4.98 Å². The summed E-state index contributed by atoms with van der Waals surface area (Å²) < 4.78 is 0. The lowest BCUT2D eigenvalue weighted by molar-refractivity contribution is 0.554. The molecule has 2 aromatic rings. The van der Waals surface area contributed by atoms with Crippen molar-refractivity contribution in [2.24, 2.45) is 0 Å². The maximum absolute atomic E-state index is 5.76. The van der Waals surface area contributed by atoms with Crippen molar-refractivity contribution in [1.29, 1.82) is 0 Å². The van der Waals surface area contributed by atoms with Crippen LogP contribution in [0, 0.1) is 0 Å². The minimum Gasteiger partial charge on any atom is -0.368 e. The molecule has 3 rings (SSSR count). The number of rotatable bonds is 1. The Labute approximate surface area is 106 Å². The zero-order chi connectivity index (χ0) is 12.4. The highest BCUT2D eigenvalue weighted by Crippen LogP contribution is 2.24. The van der Waals surface area contributed by atoms with E-state index in [1.807, 2.05) is 0 Å². The van der Waals surface area contributed by atoms with E-state index >= 15 is 0 Å². The molecule has 0 spiro atoms. The lowest BCUT2D eigenvalue weighted by atomic mass is 10.1. The number of aromatic nitrogens is 4. The van der Waals surface area contributed by atoms with E-state index in [2.05, 4.69) is 24.8 Å². The third-order valence-corrected chi connectivity index (χ3v) is 3.44. The summed E-state index contributed by atoms with van der Waals surface area (Å²) in [5.74, 6) is 1.20. The van der Waals surface area contributed by atoms with Crippen molar-refractivity contribution in [3.63, 3.8) is 0 Å². The van der Waals surface area contributed by atoms with Gasteiger partial charge in [0, 0.05) is 13.1 Å². The summed E-state index contributed by atoms with van der Waals surface area (Å²) in [7, 11) is 0. The van der Waals surface area contributed by atoms with Crippen LogP contribution in [0.1, 0.15) is 32.1 Å². The molecular weight excluding hydrogens is 228 g/mol. The van der Waals surface area contributed by atoms with Gasteiger partial charge in [-0.15, -0.1) is 0 Å². The molecule has 0 aromatic carbocycles. The summed E-state index contributed by atoms with van der Waals surface area (Å²) in [5.41, 5.74) is 7.30. The number of H-pyrrole nitrogens is 1. The molecule has 1 fully saturated rings. The first kappa shape index (κ1) is 11.3. The number of nitrogens with zero attached hydrogens (tertiary/aromatic N) is 4. The second kappa shape index (κ2) is 4.80. The van der Waals surface area contributed by atoms with Gasteiger partial charge in [0.25, 0.3) is 0 Å². The Hall–Kier alpha value is -1.85. The van der Waals surface area contributed by atoms with Crippen LogP contribution in [0.2, 0.25) is 0 Å². The summed E-state index contributed by atoms with van der Waals surface area (Å²) in [4.78, 5) is 18.1.